The summed E-state index contributed by atoms with van der Waals surface area (Å²) in [5.41, 5.74) is -7.09. The summed E-state index contributed by atoms with van der Waals surface area (Å²) in [6.07, 6.45) is -0.305. The van der Waals surface area contributed by atoms with Crippen molar-refractivity contribution in [1.82, 2.24) is 0 Å². The van der Waals surface area contributed by atoms with Gasteiger partial charge in [-0.15, -0.1) is 0 Å². The second-order valence-electron chi connectivity index (χ2n) is 6.43. The number of allylic oxidation sites excluding steroid dienone is 1. The van der Waals surface area contributed by atoms with Crippen LogP contribution in [0.3, 0.4) is 0 Å². The van der Waals surface area contributed by atoms with E-state index in [1.807, 2.05) is 0 Å². The molecule has 0 amide bonds. The molecule has 0 aliphatic rings. The quantitative estimate of drug-likeness (QED) is 0.278. The van der Waals surface area contributed by atoms with E-state index < -0.39 is 41.3 Å². The van der Waals surface area contributed by atoms with Gasteiger partial charge in [0.05, 0.1) is 6.61 Å². The summed E-state index contributed by atoms with van der Waals surface area (Å²) in [6, 6.07) is 14.2. The van der Waals surface area contributed by atoms with Crippen molar-refractivity contribution < 1.29 is 34.8 Å². The van der Waals surface area contributed by atoms with Gasteiger partial charge in [-0.1, -0.05) is 66.7 Å². The molecule has 4 N–H and O–H groups in total. The summed E-state index contributed by atoms with van der Waals surface area (Å²) in [7, 11) is 0. The minimum absolute atomic E-state index is 0.169. The summed E-state index contributed by atoms with van der Waals surface area (Å²) in [4.78, 5) is 39.1. The number of benzene rings is 2. The molecule has 0 bridgehead atoms. The molecule has 0 unspecified atom stereocenters. The highest BCUT2D eigenvalue weighted by molar-refractivity contribution is 6.26. The van der Waals surface area contributed by atoms with Gasteiger partial charge in [-0.05, 0) is 13.0 Å². The van der Waals surface area contributed by atoms with E-state index in [2.05, 4.69) is 0 Å². The van der Waals surface area contributed by atoms with Crippen LogP contribution in [0.25, 0.3) is 0 Å². The Hall–Kier alpha value is -2.97. The van der Waals surface area contributed by atoms with Crippen molar-refractivity contribution in [2.45, 2.75) is 24.2 Å². The van der Waals surface area contributed by atoms with Crippen LogP contribution in [-0.2, 0) is 4.79 Å². The van der Waals surface area contributed by atoms with Crippen LogP contribution in [0, 0.1) is 0 Å². The first-order valence-corrected chi connectivity index (χ1v) is 8.85. The zero-order valence-corrected chi connectivity index (χ0v) is 15.7. The maximum absolute atomic E-state index is 13.2. The number of hydrogen-bond acceptors (Lipinski definition) is 7. The van der Waals surface area contributed by atoms with E-state index in [0.29, 0.717) is 0 Å². The molecule has 2 aromatic carbocycles. The third-order valence-corrected chi connectivity index (χ3v) is 4.63. The molecule has 0 saturated carbocycles. The summed E-state index contributed by atoms with van der Waals surface area (Å²) in [5.74, 6) is -3.89. The molecule has 7 nitrogen and oxygen atoms in total. The van der Waals surface area contributed by atoms with Crippen molar-refractivity contribution in [3.8, 4) is 0 Å². The molecule has 0 heterocycles. The number of aliphatic hydroxyl groups is 4. The molecule has 3 atom stereocenters. The first-order valence-electron chi connectivity index (χ1n) is 8.85. The van der Waals surface area contributed by atoms with Crippen LogP contribution in [0.4, 0.5) is 0 Å². The lowest BCUT2D eigenvalue weighted by atomic mass is 9.68. The van der Waals surface area contributed by atoms with Gasteiger partial charge in [-0.2, -0.15) is 0 Å². The van der Waals surface area contributed by atoms with Gasteiger partial charge in [0.25, 0.3) is 0 Å². The first kappa shape index (κ1) is 22.3. The number of carbonyl (C=O) groups excluding carboxylic acids is 3. The molecule has 7 heteroatoms. The number of carbonyl (C=O) groups is 3. The standard InChI is InChI=1S/C22H22O7/c1-2-9-17(24)21(28,19(26)15-10-5-3-6-11-15)22(29,18(25)14-23)20(27)16-12-7-4-8-13-16/h2-13,18,23,25,28-29H,14H2,1H3/t18-,21+,22+/m1/s1. The fourth-order valence-corrected chi connectivity index (χ4v) is 3.04. The van der Waals surface area contributed by atoms with Crippen LogP contribution >= 0.6 is 0 Å². The highest BCUT2D eigenvalue weighted by Gasteiger charge is 2.66. The van der Waals surface area contributed by atoms with Crippen LogP contribution < -0.4 is 0 Å². The van der Waals surface area contributed by atoms with Gasteiger partial charge in [0, 0.05) is 11.1 Å². The Bertz CT molecular complexity index is 907. The van der Waals surface area contributed by atoms with Gasteiger partial charge in [0.15, 0.2) is 11.4 Å². The van der Waals surface area contributed by atoms with E-state index in [9.17, 15) is 34.8 Å². The lowest BCUT2D eigenvalue weighted by molar-refractivity contribution is -0.171. The number of hydrogen-bond donors (Lipinski definition) is 4. The van der Waals surface area contributed by atoms with E-state index in [-0.39, 0.29) is 11.1 Å². The number of rotatable bonds is 9. The zero-order chi connectivity index (χ0) is 21.7. The third-order valence-electron chi connectivity index (χ3n) is 4.63. The van der Waals surface area contributed by atoms with Crippen LogP contribution in [0.1, 0.15) is 27.6 Å². The third kappa shape index (κ3) is 3.81. The molecule has 2 rings (SSSR count). The molecule has 0 saturated heterocycles. The second-order valence-corrected chi connectivity index (χ2v) is 6.43. The predicted molar refractivity (Wildman–Crippen MR) is 104 cm³/mol. The van der Waals surface area contributed by atoms with Crippen molar-refractivity contribution in [3.05, 3.63) is 83.9 Å². The average Bonchev–Trinajstić information content (AvgIpc) is 2.77. The normalized spacial score (nSPS) is 16.6. The average molecular weight is 398 g/mol. The molecule has 0 aliphatic heterocycles. The summed E-state index contributed by atoms with van der Waals surface area (Å²) < 4.78 is 0. The number of ketones is 3. The zero-order valence-electron chi connectivity index (χ0n) is 15.7. The molecule has 0 fully saturated rings. The molecule has 0 aromatic heterocycles. The fourth-order valence-electron chi connectivity index (χ4n) is 3.04. The summed E-state index contributed by atoms with van der Waals surface area (Å²) in [6.45, 7) is 0.244. The fraction of sp³-hybridized carbons (Fsp3) is 0.227. The minimum Gasteiger partial charge on any atom is -0.394 e. The first-order chi connectivity index (χ1) is 13.7. The lowest BCUT2D eigenvalue weighted by Crippen LogP contribution is -2.73. The maximum Gasteiger partial charge on any atom is 0.229 e. The Kier molecular flexibility index (Phi) is 6.94. The second kappa shape index (κ2) is 9.02. The van der Waals surface area contributed by atoms with Crippen molar-refractivity contribution in [3.63, 3.8) is 0 Å². The Labute approximate surface area is 167 Å². The molecule has 0 spiro atoms. The van der Waals surface area contributed by atoms with Gasteiger partial charge < -0.3 is 20.4 Å². The molecule has 152 valence electrons. The highest BCUT2D eigenvalue weighted by atomic mass is 16.4. The van der Waals surface area contributed by atoms with Crippen molar-refractivity contribution >= 4 is 17.3 Å². The van der Waals surface area contributed by atoms with Crippen LogP contribution in [0.2, 0.25) is 0 Å². The molecule has 0 aliphatic carbocycles. The van der Waals surface area contributed by atoms with Crippen molar-refractivity contribution in [2.24, 2.45) is 0 Å². The Balaban J connectivity index is 2.79. The van der Waals surface area contributed by atoms with Crippen molar-refractivity contribution in [2.75, 3.05) is 6.61 Å². The SMILES string of the molecule is CC=CC(=O)[C@](O)(C(=O)c1ccccc1)[C@@](O)(C(=O)c1ccccc1)[C@H](O)CO. The maximum atomic E-state index is 13.2. The molecular formula is C22H22O7. The lowest BCUT2D eigenvalue weighted by Gasteiger charge is -2.41. The van der Waals surface area contributed by atoms with Gasteiger partial charge in [-0.25, -0.2) is 0 Å². The predicted octanol–water partition coefficient (Wildman–Crippen LogP) is 0.713. The van der Waals surface area contributed by atoms with Gasteiger partial charge >= 0.3 is 0 Å². The Morgan fingerprint density at radius 2 is 1.34 bits per heavy atom. The van der Waals surface area contributed by atoms with Gasteiger partial charge in [0.1, 0.15) is 6.10 Å². The highest BCUT2D eigenvalue weighted by Crippen LogP contribution is 2.35. The number of aliphatic hydroxyl groups excluding tert-OH is 2. The molecule has 29 heavy (non-hydrogen) atoms. The molecular weight excluding hydrogens is 376 g/mol. The Morgan fingerprint density at radius 1 is 0.897 bits per heavy atom. The van der Waals surface area contributed by atoms with Crippen LogP contribution in [0.5, 0.6) is 0 Å². The van der Waals surface area contributed by atoms with Crippen molar-refractivity contribution in [1.29, 1.82) is 0 Å². The summed E-state index contributed by atoms with van der Waals surface area (Å²) in [5, 5.41) is 42.4. The van der Waals surface area contributed by atoms with E-state index in [0.717, 1.165) is 6.08 Å². The summed E-state index contributed by atoms with van der Waals surface area (Å²) >= 11 is 0. The van der Waals surface area contributed by atoms with Crippen LogP contribution in [0.15, 0.2) is 72.8 Å². The smallest absolute Gasteiger partial charge is 0.229 e. The van der Waals surface area contributed by atoms with E-state index in [4.69, 9.17) is 0 Å². The molecule has 0 radical (unpaired) electrons. The van der Waals surface area contributed by atoms with E-state index in [1.165, 1.54) is 61.5 Å². The molecule has 2 aromatic rings. The van der Waals surface area contributed by atoms with E-state index >= 15 is 0 Å². The minimum atomic E-state index is -3.39. The van der Waals surface area contributed by atoms with E-state index in [1.54, 1.807) is 12.1 Å². The number of Topliss-reactive ketones (excluding diaryl/α,β-unsaturated/α-hetero) is 2. The van der Waals surface area contributed by atoms with Gasteiger partial charge in [0.2, 0.25) is 17.2 Å². The monoisotopic (exact) mass is 398 g/mol. The van der Waals surface area contributed by atoms with Crippen LogP contribution in [-0.4, -0.2) is 61.7 Å². The largest absolute Gasteiger partial charge is 0.394 e. The van der Waals surface area contributed by atoms with Gasteiger partial charge in [-0.3, -0.25) is 14.4 Å². The Morgan fingerprint density at radius 3 is 1.76 bits per heavy atom. The topological polar surface area (TPSA) is 132 Å².